The number of aliphatic hydroxyl groups is 1. The van der Waals surface area contributed by atoms with E-state index in [9.17, 15) is 5.11 Å². The van der Waals surface area contributed by atoms with Crippen LogP contribution in [0.25, 0.3) is 0 Å². The molecule has 0 saturated carbocycles. The minimum atomic E-state index is 0.0717. The first-order valence-electron chi connectivity index (χ1n) is 6.56. The summed E-state index contributed by atoms with van der Waals surface area (Å²) in [7, 11) is 0. The van der Waals surface area contributed by atoms with Crippen LogP contribution in [-0.2, 0) is 0 Å². The maximum Gasteiger partial charge on any atom is 0.0586 e. The summed E-state index contributed by atoms with van der Waals surface area (Å²) in [6.45, 7) is 2.33. The van der Waals surface area contributed by atoms with Gasteiger partial charge >= 0.3 is 0 Å². The van der Waals surface area contributed by atoms with Crippen molar-refractivity contribution in [2.75, 3.05) is 19.7 Å². The maximum absolute atomic E-state index is 9.28. The molecule has 2 unspecified atom stereocenters. The van der Waals surface area contributed by atoms with Gasteiger partial charge in [0.25, 0.3) is 0 Å². The van der Waals surface area contributed by atoms with E-state index in [1.807, 2.05) is 12.1 Å². The first-order chi connectivity index (χ1) is 8.70. The van der Waals surface area contributed by atoms with Crippen molar-refractivity contribution in [3.8, 4) is 0 Å². The van der Waals surface area contributed by atoms with Gasteiger partial charge in [0, 0.05) is 23.1 Å². The average molecular weight is 313 g/mol. The number of hydrogen-bond acceptors (Lipinski definition) is 3. The molecule has 0 amide bonds. The fraction of sp³-hybridized carbons (Fsp3) is 0.571. The fourth-order valence-corrected chi connectivity index (χ4v) is 3.02. The van der Waals surface area contributed by atoms with Gasteiger partial charge in [-0.15, -0.1) is 0 Å². The second-order valence-corrected chi connectivity index (χ2v) is 5.88. The predicted octanol–water partition coefficient (Wildman–Crippen LogP) is 2.30. The van der Waals surface area contributed by atoms with Crippen molar-refractivity contribution < 1.29 is 5.11 Å². The molecule has 0 radical (unpaired) electrons. The first kappa shape index (κ1) is 14.0. The molecule has 0 aliphatic carbocycles. The molecule has 0 bridgehead atoms. The van der Waals surface area contributed by atoms with Crippen molar-refractivity contribution in [3.63, 3.8) is 0 Å². The molecule has 1 saturated heterocycles. The van der Waals surface area contributed by atoms with Crippen LogP contribution in [0, 0.1) is 0 Å². The van der Waals surface area contributed by atoms with E-state index in [2.05, 4.69) is 33.0 Å². The lowest BCUT2D eigenvalue weighted by Gasteiger charge is -2.24. The van der Waals surface area contributed by atoms with Gasteiger partial charge in [0.2, 0.25) is 0 Å². The lowest BCUT2D eigenvalue weighted by atomic mass is 10.0. The molecular formula is C14H21BrN2O. The Labute approximate surface area is 117 Å². The minimum absolute atomic E-state index is 0.0717. The highest BCUT2D eigenvalue weighted by atomic mass is 79.9. The summed E-state index contributed by atoms with van der Waals surface area (Å²) in [6.07, 6.45) is 3.24. The molecule has 4 heteroatoms. The molecule has 100 valence electrons. The van der Waals surface area contributed by atoms with E-state index in [0.717, 1.165) is 30.4 Å². The Morgan fingerprint density at radius 2 is 2.33 bits per heavy atom. The number of likely N-dealkylation sites (tertiary alicyclic amines) is 1. The molecule has 1 aromatic rings. The highest BCUT2D eigenvalue weighted by Gasteiger charge is 2.23. The van der Waals surface area contributed by atoms with Gasteiger partial charge in [-0.05, 0) is 43.5 Å². The van der Waals surface area contributed by atoms with Gasteiger partial charge in [-0.3, -0.25) is 4.90 Å². The number of aliphatic hydroxyl groups excluding tert-OH is 1. The van der Waals surface area contributed by atoms with Crippen LogP contribution in [-0.4, -0.2) is 35.7 Å². The monoisotopic (exact) mass is 312 g/mol. The zero-order valence-corrected chi connectivity index (χ0v) is 12.1. The lowest BCUT2D eigenvalue weighted by molar-refractivity contribution is 0.155. The molecule has 3 N–H and O–H groups in total. The van der Waals surface area contributed by atoms with Gasteiger partial charge in [-0.25, -0.2) is 0 Å². The normalized spacial score (nSPS) is 22.3. The number of nitrogens with zero attached hydrogens (tertiary/aromatic N) is 1. The van der Waals surface area contributed by atoms with E-state index in [1.165, 1.54) is 12.0 Å². The summed E-state index contributed by atoms with van der Waals surface area (Å²) in [4.78, 5) is 2.36. The molecule has 18 heavy (non-hydrogen) atoms. The number of halogens is 1. The van der Waals surface area contributed by atoms with Gasteiger partial charge in [0.1, 0.15) is 0 Å². The molecule has 1 heterocycles. The zero-order valence-electron chi connectivity index (χ0n) is 10.6. The van der Waals surface area contributed by atoms with Crippen LogP contribution >= 0.6 is 15.9 Å². The summed E-state index contributed by atoms with van der Waals surface area (Å²) >= 11 is 3.47. The third kappa shape index (κ3) is 3.54. The van der Waals surface area contributed by atoms with Gasteiger partial charge in [-0.2, -0.15) is 0 Å². The van der Waals surface area contributed by atoms with Crippen molar-refractivity contribution in [1.29, 1.82) is 0 Å². The SMILES string of the molecule is NC(CCN1CCCC1CO)c1cccc(Br)c1. The minimum Gasteiger partial charge on any atom is -0.395 e. The van der Waals surface area contributed by atoms with E-state index in [-0.39, 0.29) is 12.6 Å². The zero-order chi connectivity index (χ0) is 13.0. The largest absolute Gasteiger partial charge is 0.395 e. The van der Waals surface area contributed by atoms with Crippen molar-refractivity contribution in [3.05, 3.63) is 34.3 Å². The van der Waals surface area contributed by atoms with E-state index < -0.39 is 0 Å². The molecule has 0 aromatic heterocycles. The van der Waals surface area contributed by atoms with Crippen molar-refractivity contribution >= 4 is 15.9 Å². The van der Waals surface area contributed by atoms with Gasteiger partial charge in [0.15, 0.2) is 0 Å². The van der Waals surface area contributed by atoms with Crippen LogP contribution in [0.5, 0.6) is 0 Å². The standard InChI is InChI=1S/C14H21BrN2O/c15-12-4-1-3-11(9-12)14(16)6-8-17-7-2-5-13(17)10-18/h1,3-4,9,13-14,18H,2,5-8,10,16H2. The molecule has 1 aromatic carbocycles. The second-order valence-electron chi connectivity index (χ2n) is 4.96. The second kappa shape index (κ2) is 6.66. The van der Waals surface area contributed by atoms with E-state index in [1.54, 1.807) is 0 Å². The highest BCUT2D eigenvalue weighted by Crippen LogP contribution is 2.22. The van der Waals surface area contributed by atoms with Crippen LogP contribution in [0.2, 0.25) is 0 Å². The van der Waals surface area contributed by atoms with Crippen LogP contribution < -0.4 is 5.73 Å². The van der Waals surface area contributed by atoms with Gasteiger partial charge in [0.05, 0.1) is 6.61 Å². The number of rotatable bonds is 5. The van der Waals surface area contributed by atoms with Crippen molar-refractivity contribution in [1.82, 2.24) is 4.90 Å². The van der Waals surface area contributed by atoms with E-state index in [0.29, 0.717) is 6.04 Å². The molecule has 0 spiro atoms. The fourth-order valence-electron chi connectivity index (χ4n) is 2.61. The van der Waals surface area contributed by atoms with Crippen LogP contribution in [0.15, 0.2) is 28.7 Å². The lowest BCUT2D eigenvalue weighted by Crippen LogP contribution is -2.34. The smallest absolute Gasteiger partial charge is 0.0586 e. The van der Waals surface area contributed by atoms with Crippen molar-refractivity contribution in [2.24, 2.45) is 5.73 Å². The Bertz CT molecular complexity index is 386. The number of benzene rings is 1. The third-order valence-electron chi connectivity index (χ3n) is 3.71. The Morgan fingerprint density at radius 3 is 3.06 bits per heavy atom. The molecule has 1 aliphatic heterocycles. The first-order valence-corrected chi connectivity index (χ1v) is 7.36. The quantitative estimate of drug-likeness (QED) is 0.877. The summed E-state index contributed by atoms with van der Waals surface area (Å²) < 4.78 is 1.07. The summed E-state index contributed by atoms with van der Waals surface area (Å²) in [6, 6.07) is 8.60. The Kier molecular flexibility index (Phi) is 5.18. The maximum atomic E-state index is 9.28. The molecule has 2 rings (SSSR count). The van der Waals surface area contributed by atoms with Crippen LogP contribution in [0.4, 0.5) is 0 Å². The number of hydrogen-bond donors (Lipinski definition) is 2. The predicted molar refractivity (Wildman–Crippen MR) is 77.4 cm³/mol. The highest BCUT2D eigenvalue weighted by molar-refractivity contribution is 9.10. The Balaban J connectivity index is 1.86. The van der Waals surface area contributed by atoms with Gasteiger partial charge in [-0.1, -0.05) is 28.1 Å². The molecule has 1 aliphatic rings. The van der Waals surface area contributed by atoms with E-state index >= 15 is 0 Å². The topological polar surface area (TPSA) is 49.5 Å². The average Bonchev–Trinajstić information content (AvgIpc) is 2.83. The molecule has 1 fully saturated rings. The van der Waals surface area contributed by atoms with Crippen LogP contribution in [0.3, 0.4) is 0 Å². The molecule has 3 nitrogen and oxygen atoms in total. The molecular weight excluding hydrogens is 292 g/mol. The Hall–Kier alpha value is -0.420. The Morgan fingerprint density at radius 1 is 1.50 bits per heavy atom. The summed E-state index contributed by atoms with van der Waals surface area (Å²) in [5.74, 6) is 0. The van der Waals surface area contributed by atoms with E-state index in [4.69, 9.17) is 5.73 Å². The van der Waals surface area contributed by atoms with Crippen molar-refractivity contribution in [2.45, 2.75) is 31.3 Å². The third-order valence-corrected chi connectivity index (χ3v) is 4.21. The summed E-state index contributed by atoms with van der Waals surface area (Å²) in [5, 5.41) is 9.28. The molecule has 2 atom stereocenters. The number of nitrogens with two attached hydrogens (primary N) is 1. The van der Waals surface area contributed by atoms with Gasteiger partial charge < -0.3 is 10.8 Å². The van der Waals surface area contributed by atoms with Crippen LogP contribution in [0.1, 0.15) is 30.9 Å². The summed E-state index contributed by atoms with van der Waals surface area (Å²) in [5.41, 5.74) is 7.39.